The molecular weight excluding hydrogens is 152 g/mol. The number of hydrogen-bond acceptors (Lipinski definition) is 2. The van der Waals surface area contributed by atoms with Gasteiger partial charge in [0.2, 0.25) is 0 Å². The Morgan fingerprint density at radius 2 is 2.50 bits per heavy atom. The topological polar surface area (TPSA) is 67.7 Å². The number of rotatable bonds is 4. The molecule has 4 nitrogen and oxygen atoms in total. The highest BCUT2D eigenvalue weighted by Gasteiger charge is 1.94. The second-order valence-corrected chi connectivity index (χ2v) is 2.91. The van der Waals surface area contributed by atoms with Gasteiger partial charge in [-0.05, 0) is 18.9 Å². The van der Waals surface area contributed by atoms with Crippen molar-refractivity contribution in [1.82, 2.24) is 9.78 Å². The van der Waals surface area contributed by atoms with Crippen molar-refractivity contribution in [3.8, 4) is 0 Å². The van der Waals surface area contributed by atoms with Gasteiger partial charge in [-0.3, -0.25) is 10.1 Å². The normalized spacial score (nSPS) is 10.1. The average Bonchev–Trinajstić information content (AvgIpc) is 2.35. The van der Waals surface area contributed by atoms with Gasteiger partial charge in [-0.15, -0.1) is 0 Å². The van der Waals surface area contributed by atoms with E-state index in [4.69, 9.17) is 11.1 Å². The van der Waals surface area contributed by atoms with E-state index in [0.717, 1.165) is 18.5 Å². The third kappa shape index (κ3) is 2.74. The molecule has 0 amide bonds. The van der Waals surface area contributed by atoms with E-state index < -0.39 is 0 Å². The van der Waals surface area contributed by atoms with Crippen LogP contribution in [0.2, 0.25) is 0 Å². The summed E-state index contributed by atoms with van der Waals surface area (Å²) in [5.41, 5.74) is 6.38. The molecule has 0 aliphatic carbocycles. The molecule has 1 aromatic rings. The largest absolute Gasteiger partial charge is 0.388 e. The molecule has 4 heteroatoms. The van der Waals surface area contributed by atoms with Crippen LogP contribution in [0.5, 0.6) is 0 Å². The molecule has 0 saturated heterocycles. The van der Waals surface area contributed by atoms with E-state index in [9.17, 15) is 0 Å². The third-order valence-corrected chi connectivity index (χ3v) is 1.60. The second-order valence-electron chi connectivity index (χ2n) is 2.91. The summed E-state index contributed by atoms with van der Waals surface area (Å²) in [6, 6.07) is 0. The van der Waals surface area contributed by atoms with Crippen molar-refractivity contribution < 1.29 is 0 Å². The van der Waals surface area contributed by atoms with Gasteiger partial charge in [-0.2, -0.15) is 5.10 Å². The quantitative estimate of drug-likeness (QED) is 0.515. The summed E-state index contributed by atoms with van der Waals surface area (Å²) >= 11 is 0. The highest BCUT2D eigenvalue weighted by atomic mass is 15.3. The van der Waals surface area contributed by atoms with Crippen LogP contribution < -0.4 is 5.73 Å². The molecule has 1 heterocycles. The molecule has 0 spiro atoms. The van der Waals surface area contributed by atoms with Crippen LogP contribution in [0.1, 0.15) is 18.4 Å². The van der Waals surface area contributed by atoms with Crippen LogP contribution in [0.15, 0.2) is 12.4 Å². The van der Waals surface area contributed by atoms with E-state index in [1.54, 1.807) is 0 Å². The monoisotopic (exact) mass is 166 g/mol. The van der Waals surface area contributed by atoms with E-state index in [-0.39, 0.29) is 5.84 Å². The number of hydrogen-bond donors (Lipinski definition) is 2. The summed E-state index contributed by atoms with van der Waals surface area (Å²) in [5, 5.41) is 11.1. The number of nitrogens with zero attached hydrogens (tertiary/aromatic N) is 2. The predicted molar refractivity (Wildman–Crippen MR) is 48.1 cm³/mol. The maximum absolute atomic E-state index is 7.01. The van der Waals surface area contributed by atoms with E-state index in [2.05, 4.69) is 5.10 Å². The Kier molecular flexibility index (Phi) is 2.85. The lowest BCUT2D eigenvalue weighted by Crippen LogP contribution is -2.10. The smallest absolute Gasteiger partial charge is 0.0905 e. The number of amidine groups is 1. The van der Waals surface area contributed by atoms with Gasteiger partial charge < -0.3 is 5.73 Å². The minimum absolute atomic E-state index is 0.249. The second kappa shape index (κ2) is 3.90. The summed E-state index contributed by atoms with van der Waals surface area (Å²) < 4.78 is 1.87. The lowest BCUT2D eigenvalue weighted by Gasteiger charge is -1.99. The fraction of sp³-hybridized carbons (Fsp3) is 0.500. The molecule has 0 bridgehead atoms. The zero-order valence-electron chi connectivity index (χ0n) is 7.25. The van der Waals surface area contributed by atoms with Gasteiger partial charge in [-0.25, -0.2) is 0 Å². The molecule has 12 heavy (non-hydrogen) atoms. The van der Waals surface area contributed by atoms with E-state index >= 15 is 0 Å². The Morgan fingerprint density at radius 3 is 3.00 bits per heavy atom. The zero-order chi connectivity index (χ0) is 8.97. The number of aromatic nitrogens is 2. The number of aryl methyl sites for hydroxylation is 2. The van der Waals surface area contributed by atoms with Gasteiger partial charge in [0.25, 0.3) is 0 Å². The summed E-state index contributed by atoms with van der Waals surface area (Å²) in [7, 11) is 0. The van der Waals surface area contributed by atoms with Crippen LogP contribution in [0.25, 0.3) is 0 Å². The first-order valence-electron chi connectivity index (χ1n) is 4.00. The Hall–Kier alpha value is -1.32. The molecule has 0 radical (unpaired) electrons. The first-order chi connectivity index (χ1) is 5.68. The van der Waals surface area contributed by atoms with Gasteiger partial charge in [0.1, 0.15) is 0 Å². The van der Waals surface area contributed by atoms with Crippen LogP contribution in [-0.2, 0) is 6.54 Å². The lowest BCUT2D eigenvalue weighted by molar-refractivity contribution is 0.588. The van der Waals surface area contributed by atoms with Crippen molar-refractivity contribution in [1.29, 1.82) is 5.41 Å². The van der Waals surface area contributed by atoms with Crippen molar-refractivity contribution >= 4 is 5.84 Å². The maximum Gasteiger partial charge on any atom is 0.0905 e. The third-order valence-electron chi connectivity index (χ3n) is 1.60. The molecule has 1 aromatic heterocycles. The van der Waals surface area contributed by atoms with Crippen LogP contribution >= 0.6 is 0 Å². The van der Waals surface area contributed by atoms with Crippen molar-refractivity contribution in [2.24, 2.45) is 5.73 Å². The summed E-state index contributed by atoms with van der Waals surface area (Å²) in [4.78, 5) is 0. The Bertz CT molecular complexity index is 264. The van der Waals surface area contributed by atoms with Crippen LogP contribution in [0.4, 0.5) is 0 Å². The van der Waals surface area contributed by atoms with Crippen molar-refractivity contribution in [3.05, 3.63) is 18.0 Å². The zero-order valence-corrected chi connectivity index (χ0v) is 7.25. The van der Waals surface area contributed by atoms with E-state index in [0.29, 0.717) is 6.42 Å². The van der Waals surface area contributed by atoms with Gasteiger partial charge in [0, 0.05) is 19.2 Å². The summed E-state index contributed by atoms with van der Waals surface area (Å²) in [6.45, 7) is 2.85. The standard InChI is InChI=1S/C8H14N4/c1-7-5-11-12(6-7)4-2-3-8(9)10/h5-6H,2-4H2,1H3,(H3,9,10). The van der Waals surface area contributed by atoms with Crippen molar-refractivity contribution in [3.63, 3.8) is 0 Å². The number of nitrogens with two attached hydrogens (primary N) is 1. The van der Waals surface area contributed by atoms with Gasteiger partial charge in [0.05, 0.1) is 12.0 Å². The Labute approximate surface area is 71.9 Å². The fourth-order valence-corrected chi connectivity index (χ4v) is 1.02. The highest BCUT2D eigenvalue weighted by Crippen LogP contribution is 1.97. The van der Waals surface area contributed by atoms with E-state index in [1.807, 2.05) is 24.0 Å². The Balaban J connectivity index is 2.29. The lowest BCUT2D eigenvalue weighted by atomic mass is 10.3. The molecule has 0 saturated carbocycles. The highest BCUT2D eigenvalue weighted by molar-refractivity contribution is 5.76. The predicted octanol–water partition coefficient (Wildman–Crippen LogP) is 0.908. The first-order valence-corrected chi connectivity index (χ1v) is 4.00. The molecule has 0 aliphatic rings. The van der Waals surface area contributed by atoms with Gasteiger partial charge in [0.15, 0.2) is 0 Å². The minimum Gasteiger partial charge on any atom is -0.388 e. The summed E-state index contributed by atoms with van der Waals surface area (Å²) in [6.07, 6.45) is 5.35. The summed E-state index contributed by atoms with van der Waals surface area (Å²) in [5.74, 6) is 0.249. The molecule has 0 aromatic carbocycles. The maximum atomic E-state index is 7.01. The molecule has 3 N–H and O–H groups in total. The van der Waals surface area contributed by atoms with Crippen LogP contribution in [-0.4, -0.2) is 15.6 Å². The van der Waals surface area contributed by atoms with E-state index in [1.165, 1.54) is 0 Å². The van der Waals surface area contributed by atoms with Gasteiger partial charge in [-0.1, -0.05) is 0 Å². The molecule has 0 fully saturated rings. The van der Waals surface area contributed by atoms with Gasteiger partial charge >= 0.3 is 0 Å². The first kappa shape index (κ1) is 8.77. The molecule has 66 valence electrons. The molecule has 0 unspecified atom stereocenters. The SMILES string of the molecule is Cc1cnn(CCCC(=N)N)c1. The Morgan fingerprint density at radius 1 is 1.75 bits per heavy atom. The van der Waals surface area contributed by atoms with Crippen molar-refractivity contribution in [2.75, 3.05) is 0 Å². The van der Waals surface area contributed by atoms with Crippen molar-refractivity contribution in [2.45, 2.75) is 26.3 Å². The van der Waals surface area contributed by atoms with Crippen LogP contribution in [0, 0.1) is 12.3 Å². The van der Waals surface area contributed by atoms with Crippen LogP contribution in [0.3, 0.4) is 0 Å². The number of nitrogens with one attached hydrogen (secondary N) is 1. The molecule has 1 rings (SSSR count). The fourth-order valence-electron chi connectivity index (χ4n) is 1.02. The molecule has 0 aliphatic heterocycles. The molecular formula is C8H14N4. The minimum atomic E-state index is 0.249. The molecule has 0 atom stereocenters. The average molecular weight is 166 g/mol.